The second-order valence-electron chi connectivity index (χ2n) is 10.5. The molecule has 1 saturated heterocycles. The number of pyridine rings is 1. The Morgan fingerprint density at radius 3 is 2.55 bits per heavy atom. The van der Waals surface area contributed by atoms with Crippen LogP contribution in [0.15, 0.2) is 73.2 Å². The molecule has 0 spiro atoms. The molecule has 1 fully saturated rings. The summed E-state index contributed by atoms with van der Waals surface area (Å²) in [6.07, 6.45) is 0.349. The first-order valence-corrected chi connectivity index (χ1v) is 14.2. The quantitative estimate of drug-likeness (QED) is 0.214. The number of amides is 1. The number of aromatic amines is 1. The third-order valence-corrected chi connectivity index (χ3v) is 7.71. The number of ether oxygens (including phenoxy) is 1. The monoisotopic (exact) mass is 621 g/mol. The highest BCUT2D eigenvalue weighted by molar-refractivity contribution is 6.34. The molecule has 0 unspecified atom stereocenters. The Hall–Kier alpha value is -4.52. The molecule has 0 bridgehead atoms. The summed E-state index contributed by atoms with van der Waals surface area (Å²) < 4.78 is 48.3. The van der Waals surface area contributed by atoms with Gasteiger partial charge in [0.2, 0.25) is 5.88 Å². The minimum absolute atomic E-state index is 0.124. The number of piperazine rings is 1. The Kier molecular flexibility index (Phi) is 8.21. The first-order valence-electron chi connectivity index (χ1n) is 13.8. The lowest BCUT2D eigenvalue weighted by Crippen LogP contribution is -2.44. The number of hydrogen-bond donors (Lipinski definition) is 2. The standard InChI is InChI=1S/C31H27ClF3N7O2/c1-41-12-14-42(15-13-41)18-21-3-2-20(16-23(21)31(33,34)35)29(43)39-26-17-22(4-5-24(26)32)44-30-27-25(8-11-37-27)38-28(40-30)19-6-9-36-10-7-19/h2-11,16-17,37H,12-15,18H2,1H3,(H,39,43). The summed E-state index contributed by atoms with van der Waals surface area (Å²) in [5.74, 6) is 0.207. The predicted molar refractivity (Wildman–Crippen MR) is 161 cm³/mol. The van der Waals surface area contributed by atoms with E-state index in [0.717, 1.165) is 24.7 Å². The first kappa shape index (κ1) is 29.5. The number of H-pyrrole nitrogens is 1. The van der Waals surface area contributed by atoms with Crippen LogP contribution in [0.3, 0.4) is 0 Å². The summed E-state index contributed by atoms with van der Waals surface area (Å²) in [4.78, 5) is 33.5. The van der Waals surface area contributed by atoms with Crippen molar-refractivity contribution in [3.8, 4) is 23.0 Å². The number of nitrogens with one attached hydrogen (secondary N) is 2. The van der Waals surface area contributed by atoms with Crippen LogP contribution in [0, 0.1) is 0 Å². The number of benzene rings is 2. The molecule has 2 N–H and O–H groups in total. The third kappa shape index (κ3) is 6.52. The summed E-state index contributed by atoms with van der Waals surface area (Å²) in [6.45, 7) is 3.05. The molecule has 1 aliphatic heterocycles. The van der Waals surface area contributed by atoms with Crippen molar-refractivity contribution in [1.82, 2.24) is 29.7 Å². The second kappa shape index (κ2) is 12.2. The number of alkyl halides is 3. The molecule has 5 aromatic rings. The molecule has 226 valence electrons. The minimum atomic E-state index is -4.63. The van der Waals surface area contributed by atoms with Gasteiger partial charge in [-0.3, -0.25) is 14.7 Å². The van der Waals surface area contributed by atoms with Crippen LogP contribution in [0.2, 0.25) is 5.02 Å². The van der Waals surface area contributed by atoms with E-state index >= 15 is 0 Å². The molecule has 1 aliphatic rings. The number of hydrogen-bond acceptors (Lipinski definition) is 7. The molecule has 0 atom stereocenters. The Morgan fingerprint density at radius 2 is 1.80 bits per heavy atom. The zero-order chi connectivity index (χ0) is 30.8. The molecule has 4 heterocycles. The van der Waals surface area contributed by atoms with Crippen LogP contribution in [0.4, 0.5) is 18.9 Å². The topological polar surface area (TPSA) is 99.3 Å². The summed E-state index contributed by atoms with van der Waals surface area (Å²) in [5, 5.41) is 2.80. The fourth-order valence-electron chi connectivity index (χ4n) is 4.96. The number of fused-ring (bicyclic) bond motifs is 1. The third-order valence-electron chi connectivity index (χ3n) is 7.38. The molecule has 6 rings (SSSR count). The van der Waals surface area contributed by atoms with Gasteiger partial charge < -0.3 is 19.9 Å². The van der Waals surface area contributed by atoms with Gasteiger partial charge >= 0.3 is 6.18 Å². The van der Waals surface area contributed by atoms with Gasteiger partial charge in [0.05, 0.1) is 21.8 Å². The summed E-state index contributed by atoms with van der Waals surface area (Å²) in [5.41, 5.74) is 1.23. The van der Waals surface area contributed by atoms with Crippen LogP contribution >= 0.6 is 11.6 Å². The fourth-order valence-corrected chi connectivity index (χ4v) is 5.12. The summed E-state index contributed by atoms with van der Waals surface area (Å²) in [6, 6.07) is 13.6. The van der Waals surface area contributed by atoms with Crippen molar-refractivity contribution in [1.29, 1.82) is 0 Å². The zero-order valence-corrected chi connectivity index (χ0v) is 24.3. The van der Waals surface area contributed by atoms with Crippen LogP contribution in [0.25, 0.3) is 22.4 Å². The van der Waals surface area contributed by atoms with Gasteiger partial charge in [-0.1, -0.05) is 17.7 Å². The molecule has 0 aliphatic carbocycles. The highest BCUT2D eigenvalue weighted by Gasteiger charge is 2.34. The van der Waals surface area contributed by atoms with Crippen molar-refractivity contribution in [2.24, 2.45) is 0 Å². The summed E-state index contributed by atoms with van der Waals surface area (Å²) in [7, 11) is 1.98. The number of anilines is 1. The normalized spacial score (nSPS) is 14.6. The SMILES string of the molecule is CN1CCN(Cc2ccc(C(=O)Nc3cc(Oc4nc(-c5ccncc5)nc5cc[nH]c45)ccc3Cl)cc2C(F)(F)F)CC1. The lowest BCUT2D eigenvalue weighted by atomic mass is 10.0. The van der Waals surface area contributed by atoms with Crippen LogP contribution < -0.4 is 10.1 Å². The first-order chi connectivity index (χ1) is 21.1. The van der Waals surface area contributed by atoms with Crippen LogP contribution in [-0.2, 0) is 12.7 Å². The largest absolute Gasteiger partial charge is 0.437 e. The van der Waals surface area contributed by atoms with Gasteiger partial charge in [0.25, 0.3) is 5.91 Å². The Labute approximate surface area is 255 Å². The van der Waals surface area contributed by atoms with E-state index in [0.29, 0.717) is 35.7 Å². The van der Waals surface area contributed by atoms with Crippen molar-refractivity contribution in [2.75, 3.05) is 38.5 Å². The smallest absolute Gasteiger partial charge is 0.416 e. The van der Waals surface area contributed by atoms with Crippen molar-refractivity contribution >= 4 is 34.2 Å². The number of carbonyl (C=O) groups is 1. The Bertz CT molecular complexity index is 1810. The van der Waals surface area contributed by atoms with Gasteiger partial charge in [0, 0.05) is 68.5 Å². The summed E-state index contributed by atoms with van der Waals surface area (Å²) >= 11 is 6.36. The Morgan fingerprint density at radius 1 is 1.02 bits per heavy atom. The van der Waals surface area contributed by atoms with Gasteiger partial charge in [-0.15, -0.1) is 0 Å². The van der Waals surface area contributed by atoms with Crippen LogP contribution in [0.1, 0.15) is 21.5 Å². The van der Waals surface area contributed by atoms with E-state index in [1.54, 1.807) is 42.9 Å². The number of aromatic nitrogens is 4. The average molecular weight is 622 g/mol. The van der Waals surface area contributed by atoms with Crippen LogP contribution in [-0.4, -0.2) is 68.9 Å². The number of halogens is 4. The van der Waals surface area contributed by atoms with Crippen molar-refractivity contribution in [3.05, 3.63) is 94.9 Å². The molecule has 13 heteroatoms. The lowest BCUT2D eigenvalue weighted by molar-refractivity contribution is -0.138. The molecule has 2 aromatic carbocycles. The van der Waals surface area contributed by atoms with Crippen molar-refractivity contribution in [3.63, 3.8) is 0 Å². The Balaban J connectivity index is 1.24. The van der Waals surface area contributed by atoms with Gasteiger partial charge in [0.1, 0.15) is 11.3 Å². The second-order valence-corrected chi connectivity index (χ2v) is 10.9. The van der Waals surface area contributed by atoms with E-state index in [4.69, 9.17) is 16.3 Å². The molecule has 0 saturated carbocycles. The highest BCUT2D eigenvalue weighted by Crippen LogP contribution is 2.35. The number of likely N-dealkylation sites (N-methyl/N-ethyl adjacent to an activating group) is 1. The molecular formula is C31H27ClF3N7O2. The molecular weight excluding hydrogens is 595 g/mol. The van der Waals surface area contributed by atoms with Gasteiger partial charge in [-0.05, 0) is 55.1 Å². The van der Waals surface area contributed by atoms with E-state index in [-0.39, 0.29) is 34.3 Å². The highest BCUT2D eigenvalue weighted by atomic mass is 35.5. The number of nitrogens with zero attached hydrogens (tertiary/aromatic N) is 5. The fraction of sp³-hybridized carbons (Fsp3) is 0.226. The average Bonchev–Trinajstić information content (AvgIpc) is 3.49. The molecule has 0 radical (unpaired) electrons. The molecule has 9 nitrogen and oxygen atoms in total. The number of rotatable bonds is 7. The van der Waals surface area contributed by atoms with Gasteiger partial charge in [0.15, 0.2) is 5.82 Å². The minimum Gasteiger partial charge on any atom is -0.437 e. The number of carbonyl (C=O) groups excluding carboxylic acids is 1. The zero-order valence-electron chi connectivity index (χ0n) is 23.5. The molecule has 1 amide bonds. The predicted octanol–water partition coefficient (Wildman–Crippen LogP) is 6.48. The van der Waals surface area contributed by atoms with Gasteiger partial charge in [-0.25, -0.2) is 4.98 Å². The molecule has 3 aromatic heterocycles. The van der Waals surface area contributed by atoms with Crippen molar-refractivity contribution in [2.45, 2.75) is 12.7 Å². The maximum absolute atomic E-state index is 14.1. The van der Waals surface area contributed by atoms with E-state index in [1.807, 2.05) is 11.9 Å². The van der Waals surface area contributed by atoms with Gasteiger partial charge in [-0.2, -0.15) is 18.2 Å². The van der Waals surface area contributed by atoms with E-state index in [9.17, 15) is 18.0 Å². The molecule has 44 heavy (non-hydrogen) atoms. The lowest BCUT2D eigenvalue weighted by Gasteiger charge is -2.33. The van der Waals surface area contributed by atoms with Crippen molar-refractivity contribution < 1.29 is 22.7 Å². The van der Waals surface area contributed by atoms with E-state index in [1.165, 1.54) is 24.3 Å². The van der Waals surface area contributed by atoms with E-state index in [2.05, 4.69) is 30.2 Å². The van der Waals surface area contributed by atoms with Crippen LogP contribution in [0.5, 0.6) is 11.6 Å². The maximum atomic E-state index is 14.1. The maximum Gasteiger partial charge on any atom is 0.416 e. The van der Waals surface area contributed by atoms with E-state index < -0.39 is 17.6 Å².